The summed E-state index contributed by atoms with van der Waals surface area (Å²) in [5.74, 6) is 1.77. The molecular weight excluding hydrogens is 226 g/mol. The summed E-state index contributed by atoms with van der Waals surface area (Å²) in [6.07, 6.45) is 2.72. The molecule has 4 nitrogen and oxygen atoms in total. The highest BCUT2D eigenvalue weighted by Gasteiger charge is 2.20. The normalized spacial score (nSPS) is 15.1. The molecule has 0 radical (unpaired) electrons. The van der Waals surface area contributed by atoms with Crippen LogP contribution in [-0.2, 0) is 11.3 Å². The van der Waals surface area contributed by atoms with Crippen LogP contribution in [0.5, 0.6) is 0 Å². The third kappa shape index (κ3) is 4.63. The summed E-state index contributed by atoms with van der Waals surface area (Å²) in [6.45, 7) is 3.58. The molecule has 1 aromatic rings. The Kier molecular flexibility index (Phi) is 4.96. The minimum absolute atomic E-state index is 0.818. The standard InChI is InChI=1S/C14H23N3O/c1-15-14-5-3-4-13(16-14)10-17(2)8-9-18-11-12-6-7-12/h3-5,12H,6-11H2,1-2H3,(H,15,16). The lowest BCUT2D eigenvalue weighted by Gasteiger charge is -2.16. The maximum absolute atomic E-state index is 5.64. The molecule has 1 aliphatic rings. The first-order valence-corrected chi connectivity index (χ1v) is 6.68. The zero-order chi connectivity index (χ0) is 12.8. The lowest BCUT2D eigenvalue weighted by Crippen LogP contribution is -2.23. The molecule has 1 aromatic heterocycles. The van der Waals surface area contributed by atoms with Crippen molar-refractivity contribution in [3.8, 4) is 0 Å². The maximum Gasteiger partial charge on any atom is 0.126 e. The van der Waals surface area contributed by atoms with Gasteiger partial charge in [0.25, 0.3) is 0 Å². The van der Waals surface area contributed by atoms with Crippen molar-refractivity contribution in [3.05, 3.63) is 23.9 Å². The third-order valence-electron chi connectivity index (χ3n) is 3.16. The number of likely N-dealkylation sites (N-methyl/N-ethyl adjacent to an activating group) is 1. The van der Waals surface area contributed by atoms with Gasteiger partial charge in [0.2, 0.25) is 0 Å². The van der Waals surface area contributed by atoms with Crippen LogP contribution in [0, 0.1) is 5.92 Å². The summed E-state index contributed by atoms with van der Waals surface area (Å²) >= 11 is 0. The van der Waals surface area contributed by atoms with E-state index in [1.807, 2.05) is 19.2 Å². The molecular formula is C14H23N3O. The van der Waals surface area contributed by atoms with E-state index in [2.05, 4.69) is 28.3 Å². The van der Waals surface area contributed by atoms with Gasteiger partial charge in [0, 0.05) is 26.7 Å². The Labute approximate surface area is 109 Å². The zero-order valence-corrected chi connectivity index (χ0v) is 11.4. The second-order valence-corrected chi connectivity index (χ2v) is 5.02. The van der Waals surface area contributed by atoms with Crippen molar-refractivity contribution in [1.82, 2.24) is 9.88 Å². The van der Waals surface area contributed by atoms with Gasteiger partial charge in [-0.1, -0.05) is 6.07 Å². The second-order valence-electron chi connectivity index (χ2n) is 5.02. The molecule has 2 rings (SSSR count). The predicted octanol–water partition coefficient (Wildman–Crippen LogP) is 1.98. The molecule has 0 aromatic carbocycles. The van der Waals surface area contributed by atoms with Crippen molar-refractivity contribution in [2.24, 2.45) is 5.92 Å². The van der Waals surface area contributed by atoms with E-state index in [1.54, 1.807) is 0 Å². The number of rotatable bonds is 8. The van der Waals surface area contributed by atoms with Crippen LogP contribution in [0.25, 0.3) is 0 Å². The van der Waals surface area contributed by atoms with Crippen molar-refractivity contribution in [2.75, 3.05) is 39.2 Å². The Morgan fingerprint density at radius 3 is 3.00 bits per heavy atom. The summed E-state index contributed by atoms with van der Waals surface area (Å²) in [5.41, 5.74) is 1.09. The topological polar surface area (TPSA) is 37.4 Å². The first-order chi connectivity index (χ1) is 8.78. The van der Waals surface area contributed by atoms with Gasteiger partial charge in [-0.15, -0.1) is 0 Å². The quantitative estimate of drug-likeness (QED) is 0.715. The van der Waals surface area contributed by atoms with Gasteiger partial charge in [-0.3, -0.25) is 4.90 Å². The Balaban J connectivity index is 1.66. The third-order valence-corrected chi connectivity index (χ3v) is 3.16. The van der Waals surface area contributed by atoms with E-state index in [1.165, 1.54) is 12.8 Å². The van der Waals surface area contributed by atoms with E-state index in [-0.39, 0.29) is 0 Å². The first kappa shape index (κ1) is 13.3. The highest BCUT2D eigenvalue weighted by Crippen LogP contribution is 2.28. The van der Waals surface area contributed by atoms with Gasteiger partial charge < -0.3 is 10.1 Å². The molecule has 1 N–H and O–H groups in total. The van der Waals surface area contributed by atoms with Crippen LogP contribution in [0.4, 0.5) is 5.82 Å². The molecule has 0 saturated heterocycles. The number of nitrogens with one attached hydrogen (secondary N) is 1. The minimum Gasteiger partial charge on any atom is -0.380 e. The van der Waals surface area contributed by atoms with E-state index >= 15 is 0 Å². The largest absolute Gasteiger partial charge is 0.380 e. The Bertz CT molecular complexity index is 366. The molecule has 1 heterocycles. The summed E-state index contributed by atoms with van der Waals surface area (Å²) in [7, 11) is 4.00. The number of pyridine rings is 1. The molecule has 1 aliphatic carbocycles. The number of hydrogen-bond donors (Lipinski definition) is 1. The minimum atomic E-state index is 0.818. The molecule has 100 valence electrons. The lowest BCUT2D eigenvalue weighted by atomic mass is 10.3. The van der Waals surface area contributed by atoms with E-state index in [0.717, 1.165) is 43.7 Å². The van der Waals surface area contributed by atoms with Gasteiger partial charge in [0.1, 0.15) is 5.82 Å². The summed E-state index contributed by atoms with van der Waals surface area (Å²) in [6, 6.07) is 6.07. The van der Waals surface area contributed by atoms with Crippen LogP contribution >= 0.6 is 0 Å². The van der Waals surface area contributed by atoms with E-state index in [0.29, 0.717) is 0 Å². The van der Waals surface area contributed by atoms with Crippen molar-refractivity contribution >= 4 is 5.82 Å². The monoisotopic (exact) mass is 249 g/mol. The molecule has 0 amide bonds. The van der Waals surface area contributed by atoms with Crippen LogP contribution in [-0.4, -0.2) is 43.7 Å². The molecule has 1 fully saturated rings. The van der Waals surface area contributed by atoms with Crippen LogP contribution in [0.15, 0.2) is 18.2 Å². The zero-order valence-electron chi connectivity index (χ0n) is 11.4. The van der Waals surface area contributed by atoms with Crippen molar-refractivity contribution in [2.45, 2.75) is 19.4 Å². The number of anilines is 1. The van der Waals surface area contributed by atoms with Gasteiger partial charge in [0.15, 0.2) is 0 Å². The Morgan fingerprint density at radius 2 is 2.28 bits per heavy atom. The summed E-state index contributed by atoms with van der Waals surface area (Å²) in [5, 5.41) is 3.06. The highest BCUT2D eigenvalue weighted by molar-refractivity contribution is 5.34. The fourth-order valence-electron chi connectivity index (χ4n) is 1.82. The molecule has 0 atom stereocenters. The number of ether oxygens (including phenoxy) is 1. The van der Waals surface area contributed by atoms with E-state index < -0.39 is 0 Å². The maximum atomic E-state index is 5.64. The van der Waals surface area contributed by atoms with Crippen LogP contribution in [0.2, 0.25) is 0 Å². The average Bonchev–Trinajstić information content (AvgIpc) is 3.19. The van der Waals surface area contributed by atoms with Crippen LogP contribution in [0.3, 0.4) is 0 Å². The van der Waals surface area contributed by atoms with Crippen LogP contribution in [0.1, 0.15) is 18.5 Å². The second kappa shape index (κ2) is 6.71. The first-order valence-electron chi connectivity index (χ1n) is 6.68. The summed E-state index contributed by atoms with van der Waals surface area (Å²) < 4.78 is 5.64. The van der Waals surface area contributed by atoms with Gasteiger partial charge >= 0.3 is 0 Å². The summed E-state index contributed by atoms with van der Waals surface area (Å²) in [4.78, 5) is 6.75. The SMILES string of the molecule is CNc1cccc(CN(C)CCOCC2CC2)n1. The lowest BCUT2D eigenvalue weighted by molar-refractivity contribution is 0.101. The molecule has 1 saturated carbocycles. The van der Waals surface area contributed by atoms with Crippen molar-refractivity contribution in [3.63, 3.8) is 0 Å². The fraction of sp³-hybridized carbons (Fsp3) is 0.643. The number of aromatic nitrogens is 1. The molecule has 0 unspecified atom stereocenters. The van der Waals surface area contributed by atoms with Gasteiger partial charge in [-0.25, -0.2) is 4.98 Å². The van der Waals surface area contributed by atoms with E-state index in [9.17, 15) is 0 Å². The fourth-order valence-corrected chi connectivity index (χ4v) is 1.82. The number of hydrogen-bond acceptors (Lipinski definition) is 4. The molecule has 0 bridgehead atoms. The molecule has 4 heteroatoms. The Hall–Kier alpha value is -1.13. The molecule has 0 aliphatic heterocycles. The van der Waals surface area contributed by atoms with Gasteiger partial charge in [-0.05, 0) is 37.9 Å². The van der Waals surface area contributed by atoms with Crippen LogP contribution < -0.4 is 5.32 Å². The smallest absolute Gasteiger partial charge is 0.126 e. The highest BCUT2D eigenvalue weighted by atomic mass is 16.5. The molecule has 18 heavy (non-hydrogen) atoms. The number of nitrogens with zero attached hydrogens (tertiary/aromatic N) is 2. The average molecular weight is 249 g/mol. The van der Waals surface area contributed by atoms with E-state index in [4.69, 9.17) is 4.74 Å². The van der Waals surface area contributed by atoms with Crippen molar-refractivity contribution in [1.29, 1.82) is 0 Å². The van der Waals surface area contributed by atoms with Gasteiger partial charge in [-0.2, -0.15) is 0 Å². The van der Waals surface area contributed by atoms with Crippen molar-refractivity contribution < 1.29 is 4.74 Å². The Morgan fingerprint density at radius 1 is 1.44 bits per heavy atom. The van der Waals surface area contributed by atoms with Gasteiger partial charge in [0.05, 0.1) is 12.3 Å². The predicted molar refractivity (Wildman–Crippen MR) is 73.7 cm³/mol. The molecule has 0 spiro atoms.